The Labute approximate surface area is 126 Å². The average Bonchev–Trinajstić information content (AvgIpc) is 2.46. The average molecular weight is 291 g/mol. The number of rotatable bonds is 7. The van der Waals surface area contributed by atoms with Gasteiger partial charge in [-0.3, -0.25) is 14.6 Å². The van der Waals surface area contributed by atoms with E-state index in [9.17, 15) is 9.59 Å². The van der Waals surface area contributed by atoms with Crippen molar-refractivity contribution in [2.45, 2.75) is 46.6 Å². The highest BCUT2D eigenvalue weighted by molar-refractivity contribution is 5.98. The molecule has 1 atom stereocenters. The number of hydrogen-bond donors (Lipinski definition) is 2. The third kappa shape index (κ3) is 5.94. The molecule has 0 aliphatic carbocycles. The maximum absolute atomic E-state index is 12.0. The van der Waals surface area contributed by atoms with E-state index < -0.39 is 0 Å². The Morgan fingerprint density at radius 1 is 1.24 bits per heavy atom. The van der Waals surface area contributed by atoms with Gasteiger partial charge < -0.3 is 10.6 Å². The minimum absolute atomic E-state index is 0.0859. The van der Waals surface area contributed by atoms with Gasteiger partial charge in [-0.15, -0.1) is 0 Å². The van der Waals surface area contributed by atoms with E-state index in [-0.39, 0.29) is 23.6 Å². The van der Waals surface area contributed by atoms with E-state index in [2.05, 4.69) is 29.5 Å². The molecule has 1 aromatic rings. The van der Waals surface area contributed by atoms with Crippen molar-refractivity contribution in [3.05, 3.63) is 29.6 Å². The summed E-state index contributed by atoms with van der Waals surface area (Å²) < 4.78 is 0. The van der Waals surface area contributed by atoms with Crippen molar-refractivity contribution in [3.63, 3.8) is 0 Å². The van der Waals surface area contributed by atoms with Gasteiger partial charge in [-0.25, -0.2) is 0 Å². The second-order valence-corrected chi connectivity index (χ2v) is 5.65. The van der Waals surface area contributed by atoms with Crippen LogP contribution in [0.1, 0.15) is 61.4 Å². The minimum Gasteiger partial charge on any atom is -0.352 e. The van der Waals surface area contributed by atoms with Gasteiger partial charge in [0, 0.05) is 24.3 Å². The van der Waals surface area contributed by atoms with Gasteiger partial charge >= 0.3 is 0 Å². The van der Waals surface area contributed by atoms with Crippen LogP contribution < -0.4 is 10.6 Å². The zero-order chi connectivity index (χ0) is 15.8. The summed E-state index contributed by atoms with van der Waals surface area (Å²) in [7, 11) is 0. The van der Waals surface area contributed by atoms with Gasteiger partial charge in [-0.05, 0) is 37.8 Å². The van der Waals surface area contributed by atoms with Crippen molar-refractivity contribution in [1.82, 2.24) is 15.6 Å². The number of aromatic nitrogens is 1. The van der Waals surface area contributed by atoms with Crippen LogP contribution in [0.5, 0.6) is 0 Å². The lowest BCUT2D eigenvalue weighted by Gasteiger charge is -2.11. The van der Waals surface area contributed by atoms with Crippen LogP contribution in [0.4, 0.5) is 0 Å². The molecule has 1 rings (SSSR count). The van der Waals surface area contributed by atoms with Crippen molar-refractivity contribution >= 4 is 11.8 Å². The topological polar surface area (TPSA) is 71.1 Å². The molecular formula is C16H25N3O2. The smallest absolute Gasteiger partial charge is 0.270 e. The molecule has 1 unspecified atom stereocenters. The van der Waals surface area contributed by atoms with E-state index in [0.717, 1.165) is 12.8 Å². The number of carbonyl (C=O) groups excluding carboxylic acids is 2. The Kier molecular flexibility index (Phi) is 6.85. The van der Waals surface area contributed by atoms with Crippen LogP contribution in [0, 0.1) is 5.92 Å². The first-order valence-electron chi connectivity index (χ1n) is 7.49. The molecule has 1 aromatic heterocycles. The van der Waals surface area contributed by atoms with Crippen LogP contribution in [0.15, 0.2) is 18.3 Å². The van der Waals surface area contributed by atoms with Crippen LogP contribution in [0.25, 0.3) is 0 Å². The summed E-state index contributed by atoms with van der Waals surface area (Å²) in [6, 6.07) is 3.23. The van der Waals surface area contributed by atoms with Gasteiger partial charge in [-0.1, -0.05) is 20.8 Å². The third-order valence-electron chi connectivity index (χ3n) is 3.25. The minimum atomic E-state index is -0.249. The van der Waals surface area contributed by atoms with Gasteiger partial charge in [0.2, 0.25) is 0 Å². The van der Waals surface area contributed by atoms with Crippen molar-refractivity contribution < 1.29 is 9.59 Å². The summed E-state index contributed by atoms with van der Waals surface area (Å²) in [5.74, 6) is 0.122. The van der Waals surface area contributed by atoms with Crippen LogP contribution >= 0.6 is 0 Å². The van der Waals surface area contributed by atoms with Gasteiger partial charge in [0.05, 0.1) is 0 Å². The van der Waals surface area contributed by atoms with Gasteiger partial charge in [0.25, 0.3) is 11.8 Å². The molecule has 0 radical (unpaired) electrons. The molecule has 5 nitrogen and oxygen atoms in total. The Hall–Kier alpha value is -1.91. The number of nitrogens with one attached hydrogen (secondary N) is 2. The maximum atomic E-state index is 12.0. The lowest BCUT2D eigenvalue weighted by Crippen LogP contribution is -2.33. The summed E-state index contributed by atoms with van der Waals surface area (Å²) in [4.78, 5) is 28.0. The summed E-state index contributed by atoms with van der Waals surface area (Å²) in [5, 5.41) is 5.69. The fourth-order valence-electron chi connectivity index (χ4n) is 1.67. The van der Waals surface area contributed by atoms with E-state index in [0.29, 0.717) is 18.0 Å². The van der Waals surface area contributed by atoms with Crippen molar-refractivity contribution in [2.24, 2.45) is 5.92 Å². The van der Waals surface area contributed by atoms with Crippen LogP contribution in [-0.4, -0.2) is 29.4 Å². The molecule has 0 fully saturated rings. The Morgan fingerprint density at radius 2 is 1.95 bits per heavy atom. The van der Waals surface area contributed by atoms with E-state index in [1.807, 2.05) is 13.8 Å². The fraction of sp³-hybridized carbons (Fsp3) is 0.562. The highest BCUT2D eigenvalue weighted by Crippen LogP contribution is 2.04. The van der Waals surface area contributed by atoms with Crippen LogP contribution in [0.2, 0.25) is 0 Å². The molecule has 0 aromatic carbocycles. The number of amides is 2. The highest BCUT2D eigenvalue weighted by atomic mass is 16.2. The SMILES string of the molecule is CCC(C)NC(=O)c1cc(C(=O)NCCC(C)C)ccn1. The second kappa shape index (κ2) is 8.39. The summed E-state index contributed by atoms with van der Waals surface area (Å²) >= 11 is 0. The van der Waals surface area contributed by atoms with Crippen LogP contribution in [-0.2, 0) is 0 Å². The lowest BCUT2D eigenvalue weighted by atomic mass is 10.1. The first-order valence-corrected chi connectivity index (χ1v) is 7.49. The van der Waals surface area contributed by atoms with E-state index in [1.54, 1.807) is 6.07 Å². The molecule has 0 spiro atoms. The molecule has 2 N–H and O–H groups in total. The van der Waals surface area contributed by atoms with Crippen LogP contribution in [0.3, 0.4) is 0 Å². The number of pyridine rings is 1. The predicted molar refractivity (Wildman–Crippen MR) is 83.2 cm³/mol. The molecular weight excluding hydrogens is 266 g/mol. The Balaban J connectivity index is 2.67. The van der Waals surface area contributed by atoms with Gasteiger partial charge in [0.1, 0.15) is 5.69 Å². The van der Waals surface area contributed by atoms with E-state index in [1.165, 1.54) is 12.3 Å². The molecule has 116 valence electrons. The van der Waals surface area contributed by atoms with Crippen molar-refractivity contribution in [1.29, 1.82) is 0 Å². The summed E-state index contributed by atoms with van der Waals surface area (Å²) in [5.41, 5.74) is 0.731. The highest BCUT2D eigenvalue weighted by Gasteiger charge is 2.13. The third-order valence-corrected chi connectivity index (χ3v) is 3.25. The standard InChI is InChI=1S/C16H25N3O2/c1-5-12(4)19-16(21)14-10-13(7-9-17-14)15(20)18-8-6-11(2)3/h7,9-12H,5-6,8H2,1-4H3,(H,18,20)(H,19,21). The maximum Gasteiger partial charge on any atom is 0.270 e. The van der Waals surface area contributed by atoms with Gasteiger partial charge in [0.15, 0.2) is 0 Å². The molecule has 0 bridgehead atoms. The normalized spacial score (nSPS) is 12.0. The number of hydrogen-bond acceptors (Lipinski definition) is 3. The number of carbonyl (C=O) groups is 2. The molecule has 0 saturated carbocycles. The molecule has 21 heavy (non-hydrogen) atoms. The summed E-state index contributed by atoms with van der Waals surface area (Å²) in [6.45, 7) is 8.77. The Morgan fingerprint density at radius 3 is 2.57 bits per heavy atom. The number of nitrogens with zero attached hydrogens (tertiary/aromatic N) is 1. The van der Waals surface area contributed by atoms with E-state index >= 15 is 0 Å². The van der Waals surface area contributed by atoms with E-state index in [4.69, 9.17) is 0 Å². The molecule has 5 heteroatoms. The molecule has 0 saturated heterocycles. The predicted octanol–water partition coefficient (Wildman–Crippen LogP) is 2.39. The van der Waals surface area contributed by atoms with Gasteiger partial charge in [-0.2, -0.15) is 0 Å². The first kappa shape index (κ1) is 17.1. The molecule has 0 aliphatic heterocycles. The zero-order valence-corrected chi connectivity index (χ0v) is 13.3. The first-order chi connectivity index (χ1) is 9.93. The fourth-order valence-corrected chi connectivity index (χ4v) is 1.67. The monoisotopic (exact) mass is 291 g/mol. The Bertz CT molecular complexity index is 486. The largest absolute Gasteiger partial charge is 0.352 e. The lowest BCUT2D eigenvalue weighted by molar-refractivity contribution is 0.0934. The zero-order valence-electron chi connectivity index (χ0n) is 13.3. The second-order valence-electron chi connectivity index (χ2n) is 5.65. The summed E-state index contributed by atoms with van der Waals surface area (Å²) in [6.07, 6.45) is 3.27. The molecule has 2 amide bonds. The molecule has 1 heterocycles. The van der Waals surface area contributed by atoms with Crippen molar-refractivity contribution in [3.8, 4) is 0 Å². The molecule has 0 aliphatic rings. The quantitative estimate of drug-likeness (QED) is 0.810. The van der Waals surface area contributed by atoms with Crippen molar-refractivity contribution in [2.75, 3.05) is 6.54 Å².